The van der Waals surface area contributed by atoms with Crippen LogP contribution in [-0.4, -0.2) is 48.5 Å². The average Bonchev–Trinajstić information content (AvgIpc) is 2.92. The number of nitrogens with zero attached hydrogens (tertiary/aromatic N) is 2. The van der Waals surface area contributed by atoms with Crippen molar-refractivity contribution in [2.45, 2.75) is 25.8 Å². The molecule has 1 atom stereocenters. The van der Waals surface area contributed by atoms with Crippen LogP contribution < -0.4 is 10.6 Å². The Hall–Kier alpha value is -1.62. The summed E-state index contributed by atoms with van der Waals surface area (Å²) in [6.45, 7) is 5.09. The number of rotatable bonds is 5. The maximum absolute atomic E-state index is 12.0. The molecule has 1 aliphatic rings. The van der Waals surface area contributed by atoms with Gasteiger partial charge in [0.2, 0.25) is 0 Å². The van der Waals surface area contributed by atoms with E-state index >= 15 is 0 Å². The highest BCUT2D eigenvalue weighted by Gasteiger charge is 2.23. The third kappa shape index (κ3) is 3.44. The van der Waals surface area contributed by atoms with Crippen LogP contribution in [0, 0.1) is 0 Å². The number of hydrogen-bond donors (Lipinski definition) is 2. The Bertz CT molecular complexity index is 418. The van der Waals surface area contributed by atoms with Crippen molar-refractivity contribution >= 4 is 11.7 Å². The van der Waals surface area contributed by atoms with Crippen LogP contribution in [0.25, 0.3) is 0 Å². The lowest BCUT2D eigenvalue weighted by Crippen LogP contribution is -2.40. The summed E-state index contributed by atoms with van der Waals surface area (Å²) in [4.78, 5) is 18.6. The molecule has 1 unspecified atom stereocenters. The fourth-order valence-electron chi connectivity index (χ4n) is 2.53. The Balaban J connectivity index is 1.86. The number of nitrogens with one attached hydrogen (secondary N) is 2. The summed E-state index contributed by atoms with van der Waals surface area (Å²) >= 11 is 0. The molecule has 5 heteroatoms. The summed E-state index contributed by atoms with van der Waals surface area (Å²) in [6.07, 6.45) is 4.01. The topological polar surface area (TPSA) is 57.3 Å². The average molecular weight is 262 g/mol. The van der Waals surface area contributed by atoms with E-state index in [0.29, 0.717) is 11.6 Å². The largest absolute Gasteiger partial charge is 0.373 e. The fraction of sp³-hybridized carbons (Fsp3) is 0.571. The number of likely N-dealkylation sites (tertiary alicyclic amines) is 1. The van der Waals surface area contributed by atoms with Gasteiger partial charge in [0.1, 0.15) is 5.82 Å². The zero-order valence-electron chi connectivity index (χ0n) is 11.6. The summed E-state index contributed by atoms with van der Waals surface area (Å²) in [7, 11) is 1.81. The standard InChI is InChI=1S/C14H22N4O/c1-3-18-8-4-5-12(18)10-17-14(19)11-6-7-13(15-2)16-9-11/h6-7,9,12H,3-5,8,10H2,1-2H3,(H,15,16)(H,17,19). The van der Waals surface area contributed by atoms with Gasteiger partial charge in [-0.2, -0.15) is 0 Å². The molecule has 2 N–H and O–H groups in total. The molecule has 0 aliphatic carbocycles. The van der Waals surface area contributed by atoms with E-state index in [1.54, 1.807) is 12.3 Å². The van der Waals surface area contributed by atoms with E-state index < -0.39 is 0 Å². The van der Waals surface area contributed by atoms with Gasteiger partial charge in [0.15, 0.2) is 0 Å². The van der Waals surface area contributed by atoms with Gasteiger partial charge in [0, 0.05) is 25.8 Å². The lowest BCUT2D eigenvalue weighted by atomic mass is 10.2. The second-order valence-corrected chi connectivity index (χ2v) is 4.82. The van der Waals surface area contributed by atoms with Gasteiger partial charge in [0.25, 0.3) is 5.91 Å². The second kappa shape index (κ2) is 6.52. The van der Waals surface area contributed by atoms with E-state index in [-0.39, 0.29) is 5.91 Å². The molecule has 1 saturated heterocycles. The molecule has 1 aromatic heterocycles. The van der Waals surface area contributed by atoms with E-state index in [4.69, 9.17) is 0 Å². The summed E-state index contributed by atoms with van der Waals surface area (Å²) in [5, 5.41) is 5.94. The van der Waals surface area contributed by atoms with Crippen molar-refractivity contribution in [2.75, 3.05) is 32.0 Å². The van der Waals surface area contributed by atoms with Gasteiger partial charge in [-0.3, -0.25) is 9.69 Å². The maximum Gasteiger partial charge on any atom is 0.252 e. The number of hydrogen-bond acceptors (Lipinski definition) is 4. The minimum Gasteiger partial charge on any atom is -0.373 e. The van der Waals surface area contributed by atoms with Gasteiger partial charge < -0.3 is 10.6 Å². The highest BCUT2D eigenvalue weighted by molar-refractivity contribution is 5.94. The van der Waals surface area contributed by atoms with Gasteiger partial charge in [0.05, 0.1) is 5.56 Å². The van der Waals surface area contributed by atoms with Crippen LogP contribution in [0.3, 0.4) is 0 Å². The van der Waals surface area contributed by atoms with Crippen molar-refractivity contribution < 1.29 is 4.79 Å². The highest BCUT2D eigenvalue weighted by atomic mass is 16.1. The second-order valence-electron chi connectivity index (χ2n) is 4.82. The lowest BCUT2D eigenvalue weighted by Gasteiger charge is -2.22. The Morgan fingerprint density at radius 1 is 1.53 bits per heavy atom. The Kier molecular flexibility index (Phi) is 4.74. The van der Waals surface area contributed by atoms with E-state index in [1.165, 1.54) is 12.8 Å². The first kappa shape index (κ1) is 13.8. The Morgan fingerprint density at radius 3 is 3.00 bits per heavy atom. The van der Waals surface area contributed by atoms with Crippen LogP contribution in [0.1, 0.15) is 30.1 Å². The molecule has 1 amide bonds. The molecule has 19 heavy (non-hydrogen) atoms. The molecule has 0 radical (unpaired) electrons. The zero-order chi connectivity index (χ0) is 13.7. The van der Waals surface area contributed by atoms with E-state index in [1.807, 2.05) is 13.1 Å². The minimum absolute atomic E-state index is 0.0434. The first-order valence-corrected chi connectivity index (χ1v) is 6.90. The van der Waals surface area contributed by atoms with Crippen molar-refractivity contribution in [3.05, 3.63) is 23.9 Å². The molecule has 0 spiro atoms. The van der Waals surface area contributed by atoms with Gasteiger partial charge in [-0.15, -0.1) is 0 Å². The predicted molar refractivity (Wildman–Crippen MR) is 76.4 cm³/mol. The number of anilines is 1. The molecule has 1 aliphatic heterocycles. The number of likely N-dealkylation sites (N-methyl/N-ethyl adjacent to an activating group) is 1. The third-order valence-electron chi connectivity index (χ3n) is 3.69. The summed E-state index contributed by atoms with van der Waals surface area (Å²) in [5.74, 6) is 0.725. The summed E-state index contributed by atoms with van der Waals surface area (Å²) in [5.41, 5.74) is 0.611. The molecule has 0 bridgehead atoms. The molecule has 1 fully saturated rings. The van der Waals surface area contributed by atoms with Crippen LogP contribution in [0.15, 0.2) is 18.3 Å². The van der Waals surface area contributed by atoms with Gasteiger partial charge in [-0.25, -0.2) is 4.98 Å². The van der Waals surface area contributed by atoms with Crippen LogP contribution in [0.4, 0.5) is 5.82 Å². The number of aromatic nitrogens is 1. The normalized spacial score (nSPS) is 19.4. The first-order valence-electron chi connectivity index (χ1n) is 6.90. The number of carbonyl (C=O) groups is 1. The molecular formula is C14H22N4O. The SMILES string of the molecule is CCN1CCCC1CNC(=O)c1ccc(NC)nc1. The van der Waals surface area contributed by atoms with Gasteiger partial charge >= 0.3 is 0 Å². The smallest absolute Gasteiger partial charge is 0.252 e. The lowest BCUT2D eigenvalue weighted by molar-refractivity contribution is 0.0941. The summed E-state index contributed by atoms with van der Waals surface area (Å²) < 4.78 is 0. The molecule has 104 valence electrons. The van der Waals surface area contributed by atoms with Crippen molar-refractivity contribution in [1.82, 2.24) is 15.2 Å². The highest BCUT2D eigenvalue weighted by Crippen LogP contribution is 2.15. The first-order chi connectivity index (χ1) is 9.24. The molecule has 2 rings (SSSR count). The van der Waals surface area contributed by atoms with Gasteiger partial charge in [-0.1, -0.05) is 6.92 Å². The van der Waals surface area contributed by atoms with E-state index in [0.717, 1.165) is 25.5 Å². The monoisotopic (exact) mass is 262 g/mol. The quantitative estimate of drug-likeness (QED) is 0.840. The zero-order valence-corrected chi connectivity index (χ0v) is 11.6. The summed E-state index contributed by atoms with van der Waals surface area (Å²) in [6, 6.07) is 4.09. The molecule has 2 heterocycles. The maximum atomic E-state index is 12.0. The third-order valence-corrected chi connectivity index (χ3v) is 3.69. The molecule has 5 nitrogen and oxygen atoms in total. The van der Waals surface area contributed by atoms with Gasteiger partial charge in [-0.05, 0) is 38.1 Å². The number of carbonyl (C=O) groups excluding carboxylic acids is 1. The Morgan fingerprint density at radius 2 is 2.37 bits per heavy atom. The molecular weight excluding hydrogens is 240 g/mol. The van der Waals surface area contributed by atoms with Crippen LogP contribution in [0.2, 0.25) is 0 Å². The molecule has 0 saturated carbocycles. The number of pyridine rings is 1. The van der Waals surface area contributed by atoms with E-state index in [9.17, 15) is 4.79 Å². The van der Waals surface area contributed by atoms with Crippen molar-refractivity contribution in [3.8, 4) is 0 Å². The van der Waals surface area contributed by atoms with Crippen LogP contribution >= 0.6 is 0 Å². The van der Waals surface area contributed by atoms with Crippen molar-refractivity contribution in [3.63, 3.8) is 0 Å². The van der Waals surface area contributed by atoms with Crippen molar-refractivity contribution in [2.24, 2.45) is 0 Å². The van der Waals surface area contributed by atoms with E-state index in [2.05, 4.69) is 27.4 Å². The van der Waals surface area contributed by atoms with Crippen LogP contribution in [0.5, 0.6) is 0 Å². The molecule has 0 aromatic carbocycles. The van der Waals surface area contributed by atoms with Crippen molar-refractivity contribution in [1.29, 1.82) is 0 Å². The molecule has 1 aromatic rings. The predicted octanol–water partition coefficient (Wildman–Crippen LogP) is 1.34. The van der Waals surface area contributed by atoms with Crippen LogP contribution in [-0.2, 0) is 0 Å². The number of amides is 1. The fourth-order valence-corrected chi connectivity index (χ4v) is 2.53. The minimum atomic E-state index is -0.0434. The Labute approximate surface area is 114 Å².